The Kier molecular flexibility index (Phi) is 3.45. The Bertz CT molecular complexity index is 693. The van der Waals surface area contributed by atoms with Crippen LogP contribution in [0.2, 0.25) is 0 Å². The van der Waals surface area contributed by atoms with Gasteiger partial charge in [-0.1, -0.05) is 24.3 Å². The smallest absolute Gasteiger partial charge is 0.123 e. The van der Waals surface area contributed by atoms with Crippen molar-refractivity contribution in [2.75, 3.05) is 20.6 Å². The molecule has 2 aromatic carbocycles. The highest BCUT2D eigenvalue weighted by atomic mass is 19.1. The zero-order valence-electron chi connectivity index (χ0n) is 13.4. The van der Waals surface area contributed by atoms with Gasteiger partial charge in [-0.2, -0.15) is 0 Å². The first-order chi connectivity index (χ1) is 10.6. The van der Waals surface area contributed by atoms with Gasteiger partial charge in [-0.3, -0.25) is 0 Å². The van der Waals surface area contributed by atoms with Gasteiger partial charge in [-0.25, -0.2) is 4.39 Å². The van der Waals surface area contributed by atoms with Gasteiger partial charge in [0.25, 0.3) is 0 Å². The average molecular weight is 297 g/mol. The van der Waals surface area contributed by atoms with E-state index >= 15 is 0 Å². The van der Waals surface area contributed by atoms with Gasteiger partial charge in [0.2, 0.25) is 0 Å². The lowest BCUT2D eigenvalue weighted by molar-refractivity contribution is 0.219. The first-order valence-corrected chi connectivity index (χ1v) is 8.46. The van der Waals surface area contributed by atoms with Gasteiger partial charge < -0.3 is 4.90 Å². The summed E-state index contributed by atoms with van der Waals surface area (Å²) < 4.78 is 13.4. The Labute approximate surface area is 132 Å². The Morgan fingerprint density at radius 2 is 1.73 bits per heavy atom. The molecule has 0 saturated heterocycles. The number of hydrogen-bond acceptors (Lipinski definition) is 1. The lowest BCUT2D eigenvalue weighted by Gasteiger charge is -2.33. The van der Waals surface area contributed by atoms with Crippen LogP contribution in [0.5, 0.6) is 0 Å². The van der Waals surface area contributed by atoms with Gasteiger partial charge in [0.05, 0.1) is 0 Å². The molecule has 0 amide bonds. The molecule has 22 heavy (non-hydrogen) atoms. The molecule has 2 heteroatoms. The van der Waals surface area contributed by atoms with E-state index in [1.165, 1.54) is 36.8 Å². The fourth-order valence-electron chi connectivity index (χ4n) is 5.06. The van der Waals surface area contributed by atoms with Crippen LogP contribution < -0.4 is 0 Å². The third-order valence-electron chi connectivity index (χ3n) is 5.88. The van der Waals surface area contributed by atoms with Gasteiger partial charge in [0, 0.05) is 6.54 Å². The maximum Gasteiger partial charge on any atom is 0.123 e. The molecule has 0 aliphatic heterocycles. The number of rotatable bonds is 3. The second kappa shape index (κ2) is 5.34. The molecule has 2 saturated carbocycles. The first kappa shape index (κ1) is 14.2. The second-order valence-electron chi connectivity index (χ2n) is 7.54. The molecular weight excluding hydrogens is 273 g/mol. The summed E-state index contributed by atoms with van der Waals surface area (Å²) in [6.45, 7) is 1.19. The Morgan fingerprint density at radius 3 is 2.55 bits per heavy atom. The van der Waals surface area contributed by atoms with E-state index < -0.39 is 0 Å². The van der Waals surface area contributed by atoms with E-state index in [1.807, 2.05) is 6.07 Å². The van der Waals surface area contributed by atoms with Crippen LogP contribution in [0.25, 0.3) is 10.8 Å². The van der Waals surface area contributed by atoms with Gasteiger partial charge in [-0.05, 0) is 85.5 Å². The molecule has 4 rings (SSSR count). The Hall–Kier alpha value is -1.41. The minimum Gasteiger partial charge on any atom is -0.309 e. The number of fused-ring (bicyclic) bond motifs is 3. The van der Waals surface area contributed by atoms with Crippen molar-refractivity contribution in [2.24, 2.45) is 17.8 Å². The van der Waals surface area contributed by atoms with Crippen LogP contribution in [-0.2, 0) is 0 Å². The summed E-state index contributed by atoms with van der Waals surface area (Å²) in [5, 5.41) is 2.18. The lowest BCUT2D eigenvalue weighted by Crippen LogP contribution is -2.30. The zero-order chi connectivity index (χ0) is 15.3. The van der Waals surface area contributed by atoms with Crippen LogP contribution in [0.3, 0.4) is 0 Å². The maximum absolute atomic E-state index is 13.4. The molecule has 0 radical (unpaired) electrons. The molecule has 2 aliphatic rings. The monoisotopic (exact) mass is 297 g/mol. The van der Waals surface area contributed by atoms with Gasteiger partial charge >= 0.3 is 0 Å². The minimum atomic E-state index is -0.148. The van der Waals surface area contributed by atoms with E-state index in [1.54, 1.807) is 12.1 Å². The van der Waals surface area contributed by atoms with Crippen molar-refractivity contribution >= 4 is 10.8 Å². The lowest BCUT2D eigenvalue weighted by atomic mass is 9.75. The molecule has 2 bridgehead atoms. The van der Waals surface area contributed by atoms with Crippen molar-refractivity contribution in [3.05, 3.63) is 47.8 Å². The number of benzene rings is 2. The highest BCUT2D eigenvalue weighted by Crippen LogP contribution is 2.56. The molecular formula is C20H24FN. The fourth-order valence-corrected chi connectivity index (χ4v) is 5.06. The third-order valence-corrected chi connectivity index (χ3v) is 5.88. The van der Waals surface area contributed by atoms with Gasteiger partial charge in [0.1, 0.15) is 5.82 Å². The van der Waals surface area contributed by atoms with Gasteiger partial charge in [0.15, 0.2) is 0 Å². The molecule has 2 aliphatic carbocycles. The van der Waals surface area contributed by atoms with Crippen LogP contribution >= 0.6 is 0 Å². The van der Waals surface area contributed by atoms with E-state index in [0.717, 1.165) is 23.1 Å². The zero-order valence-corrected chi connectivity index (χ0v) is 13.4. The van der Waals surface area contributed by atoms with Crippen LogP contribution in [-0.4, -0.2) is 25.5 Å². The first-order valence-electron chi connectivity index (χ1n) is 8.46. The van der Waals surface area contributed by atoms with Crippen molar-refractivity contribution in [1.29, 1.82) is 0 Å². The second-order valence-corrected chi connectivity index (χ2v) is 7.54. The molecule has 0 spiro atoms. The molecule has 0 unspecified atom stereocenters. The van der Waals surface area contributed by atoms with Gasteiger partial charge in [-0.15, -0.1) is 0 Å². The number of nitrogens with zero attached hydrogens (tertiary/aromatic N) is 1. The summed E-state index contributed by atoms with van der Waals surface area (Å²) in [6.07, 6.45) is 4.21. The molecule has 0 aromatic heterocycles. The maximum atomic E-state index is 13.4. The summed E-state index contributed by atoms with van der Waals surface area (Å²) in [5.41, 5.74) is 1.47. The highest BCUT2D eigenvalue weighted by molar-refractivity contribution is 5.83. The Balaban J connectivity index is 1.71. The summed E-state index contributed by atoms with van der Waals surface area (Å²) in [5.74, 6) is 3.09. The number of halogens is 1. The van der Waals surface area contributed by atoms with Crippen molar-refractivity contribution in [2.45, 2.75) is 25.2 Å². The predicted octanol–water partition coefficient (Wildman–Crippen LogP) is 4.67. The van der Waals surface area contributed by atoms with Crippen LogP contribution in [0.1, 0.15) is 30.7 Å². The molecule has 1 nitrogen and oxygen atoms in total. The summed E-state index contributed by atoms with van der Waals surface area (Å²) in [4.78, 5) is 2.34. The Morgan fingerprint density at radius 1 is 1.00 bits per heavy atom. The summed E-state index contributed by atoms with van der Waals surface area (Å²) >= 11 is 0. The van der Waals surface area contributed by atoms with E-state index in [0.29, 0.717) is 5.92 Å². The van der Waals surface area contributed by atoms with Crippen molar-refractivity contribution in [3.8, 4) is 0 Å². The predicted molar refractivity (Wildman–Crippen MR) is 89.5 cm³/mol. The number of hydrogen-bond donors (Lipinski definition) is 0. The van der Waals surface area contributed by atoms with Crippen molar-refractivity contribution < 1.29 is 4.39 Å². The van der Waals surface area contributed by atoms with E-state index in [9.17, 15) is 4.39 Å². The van der Waals surface area contributed by atoms with Crippen molar-refractivity contribution in [3.63, 3.8) is 0 Å². The van der Waals surface area contributed by atoms with E-state index in [2.05, 4.69) is 37.2 Å². The normalized spacial score (nSPS) is 30.5. The summed E-state index contributed by atoms with van der Waals surface area (Å²) in [6, 6.07) is 11.8. The average Bonchev–Trinajstić information content (AvgIpc) is 3.07. The quantitative estimate of drug-likeness (QED) is 0.795. The van der Waals surface area contributed by atoms with Crippen LogP contribution in [0.4, 0.5) is 4.39 Å². The van der Waals surface area contributed by atoms with Crippen LogP contribution in [0, 0.1) is 23.6 Å². The molecule has 4 atom stereocenters. The fraction of sp³-hybridized carbons (Fsp3) is 0.500. The minimum absolute atomic E-state index is 0.148. The molecule has 2 fully saturated rings. The highest BCUT2D eigenvalue weighted by Gasteiger charge is 2.47. The molecule has 0 N–H and O–H groups in total. The largest absolute Gasteiger partial charge is 0.309 e. The van der Waals surface area contributed by atoms with E-state index in [-0.39, 0.29) is 5.82 Å². The molecule has 116 valence electrons. The standard InChI is InChI=1S/C20H24FN/c1-22(2)12-19-15-4-6-17(10-15)20(19)16-5-3-14-11-18(21)8-7-13(14)9-16/h3,5,7-9,11,15,17,19-20H,4,6,10,12H2,1-2H3/t15-,17+,19-,20+/m0/s1. The van der Waals surface area contributed by atoms with Crippen molar-refractivity contribution in [1.82, 2.24) is 4.90 Å². The summed E-state index contributed by atoms with van der Waals surface area (Å²) in [7, 11) is 4.37. The van der Waals surface area contributed by atoms with Crippen LogP contribution in [0.15, 0.2) is 36.4 Å². The molecule has 0 heterocycles. The van der Waals surface area contributed by atoms with E-state index in [4.69, 9.17) is 0 Å². The third kappa shape index (κ3) is 2.34. The topological polar surface area (TPSA) is 3.24 Å². The molecule has 2 aromatic rings. The SMILES string of the molecule is CN(C)C[C@H]1[C@H]2CC[C@H](C2)[C@H]1c1ccc2cc(F)ccc2c1.